The first kappa shape index (κ1) is 13.5. The molecule has 0 bridgehead atoms. The normalized spacial score (nSPS) is 10.3. The first-order chi connectivity index (χ1) is 9.06. The highest BCUT2D eigenvalue weighted by Crippen LogP contribution is 2.32. The van der Waals surface area contributed by atoms with E-state index in [9.17, 15) is 13.6 Å². The summed E-state index contributed by atoms with van der Waals surface area (Å²) >= 11 is 5.74. The van der Waals surface area contributed by atoms with E-state index < -0.39 is 11.6 Å². The number of rotatable bonds is 3. The van der Waals surface area contributed by atoms with Gasteiger partial charge in [0.1, 0.15) is 17.4 Å². The molecule has 2 rings (SSSR count). The van der Waals surface area contributed by atoms with Gasteiger partial charge in [-0.1, -0.05) is 17.7 Å². The van der Waals surface area contributed by atoms with Gasteiger partial charge >= 0.3 is 0 Å². The first-order valence-electron chi connectivity index (χ1n) is 5.35. The molecule has 0 aliphatic rings. The molecule has 98 valence electrons. The number of methoxy groups -OCH3 is 1. The van der Waals surface area contributed by atoms with Crippen LogP contribution in [0.1, 0.15) is 10.4 Å². The highest BCUT2D eigenvalue weighted by Gasteiger charge is 2.16. The van der Waals surface area contributed by atoms with E-state index in [1.54, 1.807) is 0 Å². The molecular weight excluding hydrogens is 274 g/mol. The standard InChI is InChI=1S/C14H9ClF2O2/c1-19-10-5-12(16)14(13(17)6-10)11-3-2-9(15)4-8(11)7-18/h2-7H,1H3. The topological polar surface area (TPSA) is 26.3 Å². The van der Waals surface area contributed by atoms with Crippen LogP contribution < -0.4 is 4.74 Å². The molecule has 0 spiro atoms. The smallest absolute Gasteiger partial charge is 0.150 e. The van der Waals surface area contributed by atoms with Crippen molar-refractivity contribution in [1.82, 2.24) is 0 Å². The zero-order valence-corrected chi connectivity index (χ0v) is 10.7. The van der Waals surface area contributed by atoms with Crippen molar-refractivity contribution in [1.29, 1.82) is 0 Å². The van der Waals surface area contributed by atoms with Gasteiger partial charge in [0, 0.05) is 22.7 Å². The second kappa shape index (κ2) is 5.36. The molecule has 5 heteroatoms. The van der Waals surface area contributed by atoms with Crippen LogP contribution in [-0.4, -0.2) is 13.4 Å². The first-order valence-corrected chi connectivity index (χ1v) is 5.72. The van der Waals surface area contributed by atoms with Crippen molar-refractivity contribution in [3.63, 3.8) is 0 Å². The van der Waals surface area contributed by atoms with Crippen LogP contribution in [0, 0.1) is 11.6 Å². The molecule has 0 saturated heterocycles. The van der Waals surface area contributed by atoms with E-state index in [-0.39, 0.29) is 22.4 Å². The van der Waals surface area contributed by atoms with Gasteiger partial charge < -0.3 is 4.74 Å². The minimum Gasteiger partial charge on any atom is -0.497 e. The summed E-state index contributed by atoms with van der Waals surface area (Å²) in [4.78, 5) is 11.0. The van der Waals surface area contributed by atoms with Crippen LogP contribution in [0.2, 0.25) is 5.02 Å². The lowest BCUT2D eigenvalue weighted by atomic mass is 9.99. The molecule has 0 N–H and O–H groups in total. The Balaban J connectivity index is 2.68. The van der Waals surface area contributed by atoms with Crippen molar-refractivity contribution < 1.29 is 18.3 Å². The van der Waals surface area contributed by atoms with Gasteiger partial charge in [-0.2, -0.15) is 0 Å². The monoisotopic (exact) mass is 282 g/mol. The molecule has 0 aliphatic heterocycles. The van der Waals surface area contributed by atoms with Gasteiger partial charge in [-0.3, -0.25) is 4.79 Å². The second-order valence-corrected chi connectivity index (χ2v) is 4.25. The third-order valence-corrected chi connectivity index (χ3v) is 2.90. The summed E-state index contributed by atoms with van der Waals surface area (Å²) in [6, 6.07) is 6.34. The number of halogens is 3. The molecule has 0 fully saturated rings. The molecule has 2 nitrogen and oxygen atoms in total. The lowest BCUT2D eigenvalue weighted by Gasteiger charge is -2.10. The number of ether oxygens (including phenoxy) is 1. The molecule has 0 amide bonds. The van der Waals surface area contributed by atoms with Crippen LogP contribution in [0.15, 0.2) is 30.3 Å². The van der Waals surface area contributed by atoms with Gasteiger partial charge in [0.25, 0.3) is 0 Å². The molecule has 0 saturated carbocycles. The lowest BCUT2D eigenvalue weighted by molar-refractivity contribution is 0.112. The van der Waals surface area contributed by atoms with E-state index in [1.807, 2.05) is 0 Å². The second-order valence-electron chi connectivity index (χ2n) is 3.82. The Morgan fingerprint density at radius 3 is 2.32 bits per heavy atom. The Hall–Kier alpha value is -1.94. The predicted octanol–water partition coefficient (Wildman–Crippen LogP) is 4.11. The highest BCUT2D eigenvalue weighted by molar-refractivity contribution is 6.31. The summed E-state index contributed by atoms with van der Waals surface area (Å²) in [5.74, 6) is -1.54. The number of hydrogen-bond acceptors (Lipinski definition) is 2. The summed E-state index contributed by atoms with van der Waals surface area (Å²) < 4.78 is 32.6. The Morgan fingerprint density at radius 2 is 1.79 bits per heavy atom. The van der Waals surface area contributed by atoms with Crippen LogP contribution in [0.5, 0.6) is 5.75 Å². The number of aldehydes is 1. The van der Waals surface area contributed by atoms with E-state index in [0.29, 0.717) is 11.3 Å². The van der Waals surface area contributed by atoms with Gasteiger partial charge in [-0.25, -0.2) is 8.78 Å². The van der Waals surface area contributed by atoms with E-state index in [2.05, 4.69) is 0 Å². The van der Waals surface area contributed by atoms with Gasteiger partial charge in [0.15, 0.2) is 6.29 Å². The largest absolute Gasteiger partial charge is 0.497 e. The highest BCUT2D eigenvalue weighted by atomic mass is 35.5. The maximum atomic E-state index is 13.9. The number of benzene rings is 2. The fraction of sp³-hybridized carbons (Fsp3) is 0.0714. The molecule has 2 aromatic rings. The van der Waals surface area contributed by atoms with E-state index >= 15 is 0 Å². The van der Waals surface area contributed by atoms with Crippen molar-refractivity contribution in [3.8, 4) is 16.9 Å². The molecule has 0 atom stereocenters. The van der Waals surface area contributed by atoms with Crippen LogP contribution in [0.4, 0.5) is 8.78 Å². The van der Waals surface area contributed by atoms with Crippen molar-refractivity contribution in [2.75, 3.05) is 7.11 Å². The van der Waals surface area contributed by atoms with Gasteiger partial charge in [0.2, 0.25) is 0 Å². The van der Waals surface area contributed by atoms with Gasteiger partial charge in [-0.15, -0.1) is 0 Å². The minimum atomic E-state index is -0.803. The van der Waals surface area contributed by atoms with Crippen LogP contribution in [-0.2, 0) is 0 Å². The summed E-state index contributed by atoms with van der Waals surface area (Å²) in [6.45, 7) is 0. The van der Waals surface area contributed by atoms with Gasteiger partial charge in [0.05, 0.1) is 12.7 Å². The third kappa shape index (κ3) is 2.58. The Morgan fingerprint density at radius 1 is 1.16 bits per heavy atom. The molecule has 2 aromatic carbocycles. The van der Waals surface area contributed by atoms with Crippen molar-refractivity contribution in [2.24, 2.45) is 0 Å². The average molecular weight is 283 g/mol. The number of hydrogen-bond donors (Lipinski definition) is 0. The van der Waals surface area contributed by atoms with E-state index in [1.165, 1.54) is 25.3 Å². The summed E-state index contributed by atoms with van der Waals surface area (Å²) in [5.41, 5.74) is -0.00733. The van der Waals surface area contributed by atoms with Crippen LogP contribution in [0.3, 0.4) is 0 Å². The fourth-order valence-electron chi connectivity index (χ4n) is 1.78. The summed E-state index contributed by atoms with van der Waals surface area (Å²) in [5, 5.41) is 0.320. The van der Waals surface area contributed by atoms with E-state index in [0.717, 1.165) is 12.1 Å². The maximum Gasteiger partial charge on any atom is 0.150 e. The van der Waals surface area contributed by atoms with E-state index in [4.69, 9.17) is 16.3 Å². The lowest BCUT2D eigenvalue weighted by Crippen LogP contribution is -1.96. The number of carbonyl (C=O) groups excluding carboxylic acids is 1. The molecule has 0 radical (unpaired) electrons. The molecule has 0 aromatic heterocycles. The average Bonchev–Trinajstić information content (AvgIpc) is 2.39. The van der Waals surface area contributed by atoms with Crippen LogP contribution in [0.25, 0.3) is 11.1 Å². The maximum absolute atomic E-state index is 13.9. The van der Waals surface area contributed by atoms with Crippen molar-refractivity contribution >= 4 is 17.9 Å². The Bertz CT molecular complexity index is 618. The van der Waals surface area contributed by atoms with Crippen molar-refractivity contribution in [3.05, 3.63) is 52.6 Å². The number of carbonyl (C=O) groups is 1. The quantitative estimate of drug-likeness (QED) is 0.792. The van der Waals surface area contributed by atoms with Crippen molar-refractivity contribution in [2.45, 2.75) is 0 Å². The van der Waals surface area contributed by atoms with Crippen LogP contribution >= 0.6 is 11.6 Å². The SMILES string of the molecule is COc1cc(F)c(-c2ccc(Cl)cc2C=O)c(F)c1. The Labute approximate surface area is 113 Å². The fourth-order valence-corrected chi connectivity index (χ4v) is 1.96. The molecule has 19 heavy (non-hydrogen) atoms. The summed E-state index contributed by atoms with van der Waals surface area (Å²) in [7, 11) is 1.31. The third-order valence-electron chi connectivity index (χ3n) is 2.66. The Kier molecular flexibility index (Phi) is 3.81. The predicted molar refractivity (Wildman–Crippen MR) is 68.7 cm³/mol. The molecule has 0 heterocycles. The zero-order chi connectivity index (χ0) is 14.0. The minimum absolute atomic E-state index is 0.0698. The summed E-state index contributed by atoms with van der Waals surface area (Å²) in [6.07, 6.45) is 0.504. The molecule has 0 aliphatic carbocycles. The molecular formula is C14H9ClF2O2. The molecule has 0 unspecified atom stereocenters. The van der Waals surface area contributed by atoms with Gasteiger partial charge in [-0.05, 0) is 17.7 Å². The zero-order valence-electron chi connectivity index (χ0n) is 9.91.